The van der Waals surface area contributed by atoms with Crippen molar-refractivity contribution in [3.8, 4) is 11.6 Å². The van der Waals surface area contributed by atoms with Gasteiger partial charge in [0.2, 0.25) is 0 Å². The number of benzene rings is 1. The second-order valence-electron chi connectivity index (χ2n) is 7.08. The third-order valence-electron chi connectivity index (χ3n) is 5.07. The Balaban J connectivity index is 1.45. The van der Waals surface area contributed by atoms with E-state index in [9.17, 15) is 4.79 Å². The van der Waals surface area contributed by atoms with Gasteiger partial charge in [-0.2, -0.15) is 5.10 Å². The molecule has 8 nitrogen and oxygen atoms in total. The number of methoxy groups -OCH3 is 1. The highest BCUT2D eigenvalue weighted by atomic mass is 16.5. The van der Waals surface area contributed by atoms with Gasteiger partial charge in [0.1, 0.15) is 17.9 Å². The number of ether oxygens (including phenoxy) is 1. The first-order valence-corrected chi connectivity index (χ1v) is 9.59. The summed E-state index contributed by atoms with van der Waals surface area (Å²) in [7, 11) is 1.60. The number of aryl methyl sites for hydroxylation is 2. The van der Waals surface area contributed by atoms with Crippen molar-refractivity contribution in [2.24, 2.45) is 0 Å². The first kappa shape index (κ1) is 18.9. The van der Waals surface area contributed by atoms with Gasteiger partial charge in [0.05, 0.1) is 12.8 Å². The zero-order valence-corrected chi connectivity index (χ0v) is 16.9. The summed E-state index contributed by atoms with van der Waals surface area (Å²) in [5.41, 5.74) is 2.62. The van der Waals surface area contributed by atoms with E-state index in [2.05, 4.69) is 20.0 Å². The maximum absolute atomic E-state index is 12.8. The molecule has 1 amide bonds. The minimum atomic E-state index is 0.0227. The van der Waals surface area contributed by atoms with Gasteiger partial charge in [-0.15, -0.1) is 0 Å². The van der Waals surface area contributed by atoms with Crippen LogP contribution in [0.15, 0.2) is 42.7 Å². The maximum Gasteiger partial charge on any atom is 0.254 e. The fourth-order valence-electron chi connectivity index (χ4n) is 3.56. The molecule has 0 saturated carbocycles. The Kier molecular flexibility index (Phi) is 5.16. The molecular formula is C21H24N6O2. The molecule has 0 N–H and O–H groups in total. The molecule has 1 aliphatic rings. The molecule has 2 aromatic heterocycles. The van der Waals surface area contributed by atoms with Gasteiger partial charge in [-0.1, -0.05) is 6.07 Å². The molecule has 0 unspecified atom stereocenters. The average molecular weight is 392 g/mol. The van der Waals surface area contributed by atoms with Crippen molar-refractivity contribution in [1.82, 2.24) is 24.6 Å². The monoisotopic (exact) mass is 392 g/mol. The summed E-state index contributed by atoms with van der Waals surface area (Å²) < 4.78 is 7.05. The van der Waals surface area contributed by atoms with Crippen LogP contribution in [0.3, 0.4) is 0 Å². The van der Waals surface area contributed by atoms with Crippen molar-refractivity contribution in [2.75, 3.05) is 38.2 Å². The van der Waals surface area contributed by atoms with Crippen LogP contribution >= 0.6 is 0 Å². The van der Waals surface area contributed by atoms with E-state index in [1.807, 2.05) is 53.8 Å². The van der Waals surface area contributed by atoms with Gasteiger partial charge in [-0.25, -0.2) is 14.6 Å². The van der Waals surface area contributed by atoms with Crippen molar-refractivity contribution in [1.29, 1.82) is 0 Å². The summed E-state index contributed by atoms with van der Waals surface area (Å²) in [6.07, 6.45) is 1.56. The van der Waals surface area contributed by atoms with E-state index in [-0.39, 0.29) is 5.91 Å². The molecule has 29 heavy (non-hydrogen) atoms. The predicted molar refractivity (Wildman–Crippen MR) is 110 cm³/mol. The zero-order chi connectivity index (χ0) is 20.4. The normalized spacial score (nSPS) is 14.2. The van der Waals surface area contributed by atoms with Crippen LogP contribution < -0.4 is 9.64 Å². The molecule has 0 bridgehead atoms. The molecule has 0 spiro atoms. The summed E-state index contributed by atoms with van der Waals surface area (Å²) in [6, 6.07) is 11.2. The number of aromatic nitrogens is 4. The molecular weight excluding hydrogens is 368 g/mol. The van der Waals surface area contributed by atoms with E-state index < -0.39 is 0 Å². The Morgan fingerprint density at radius 2 is 1.76 bits per heavy atom. The first-order valence-electron chi connectivity index (χ1n) is 9.59. The van der Waals surface area contributed by atoms with Crippen molar-refractivity contribution < 1.29 is 9.53 Å². The minimum Gasteiger partial charge on any atom is -0.497 e. The highest BCUT2D eigenvalue weighted by Gasteiger charge is 2.23. The second-order valence-corrected chi connectivity index (χ2v) is 7.08. The summed E-state index contributed by atoms with van der Waals surface area (Å²) in [6.45, 7) is 6.66. The van der Waals surface area contributed by atoms with Gasteiger partial charge in [-0.3, -0.25) is 4.79 Å². The Morgan fingerprint density at radius 3 is 2.45 bits per heavy atom. The van der Waals surface area contributed by atoms with Crippen LogP contribution in [-0.4, -0.2) is 63.8 Å². The van der Waals surface area contributed by atoms with E-state index in [1.165, 1.54) is 0 Å². The third kappa shape index (κ3) is 3.91. The molecule has 150 valence electrons. The molecule has 4 rings (SSSR count). The minimum absolute atomic E-state index is 0.0227. The van der Waals surface area contributed by atoms with Crippen LogP contribution in [0.1, 0.15) is 21.7 Å². The van der Waals surface area contributed by atoms with Gasteiger partial charge in [0.15, 0.2) is 5.82 Å². The average Bonchev–Trinajstić information content (AvgIpc) is 3.11. The number of rotatable bonds is 4. The smallest absolute Gasteiger partial charge is 0.254 e. The lowest BCUT2D eigenvalue weighted by Gasteiger charge is -2.35. The quantitative estimate of drug-likeness (QED) is 0.678. The van der Waals surface area contributed by atoms with Gasteiger partial charge in [0, 0.05) is 43.5 Å². The highest BCUT2D eigenvalue weighted by Crippen LogP contribution is 2.19. The molecule has 0 radical (unpaired) electrons. The van der Waals surface area contributed by atoms with Gasteiger partial charge in [0.25, 0.3) is 5.91 Å². The lowest BCUT2D eigenvalue weighted by molar-refractivity contribution is 0.0746. The number of anilines is 1. The molecule has 0 aliphatic carbocycles. The standard InChI is InChI=1S/C21H24N6O2/c1-15-11-16(2)27(24-15)20-13-19(22-14-23-20)25-7-9-26(10-8-25)21(28)17-5-4-6-18(12-17)29-3/h4-6,11-14H,7-10H2,1-3H3. The molecule has 3 heterocycles. The van der Waals surface area contributed by atoms with E-state index >= 15 is 0 Å². The lowest BCUT2D eigenvalue weighted by Crippen LogP contribution is -2.49. The van der Waals surface area contributed by atoms with Gasteiger partial charge in [-0.05, 0) is 38.1 Å². The van der Waals surface area contributed by atoms with Crippen molar-refractivity contribution in [3.63, 3.8) is 0 Å². The van der Waals surface area contributed by atoms with Gasteiger partial charge >= 0.3 is 0 Å². The number of carbonyl (C=O) groups excluding carboxylic acids is 1. The summed E-state index contributed by atoms with van der Waals surface area (Å²) in [5, 5.41) is 4.49. The Hall–Kier alpha value is -3.42. The van der Waals surface area contributed by atoms with Crippen LogP contribution in [0.4, 0.5) is 5.82 Å². The van der Waals surface area contributed by atoms with E-state index in [1.54, 1.807) is 19.5 Å². The van der Waals surface area contributed by atoms with Crippen molar-refractivity contribution >= 4 is 11.7 Å². The number of nitrogens with zero attached hydrogens (tertiary/aromatic N) is 6. The predicted octanol–water partition coefficient (Wildman–Crippen LogP) is 2.25. The number of carbonyl (C=O) groups is 1. The molecule has 1 fully saturated rings. The maximum atomic E-state index is 12.8. The van der Waals surface area contributed by atoms with Gasteiger partial charge < -0.3 is 14.5 Å². The van der Waals surface area contributed by atoms with Crippen molar-refractivity contribution in [3.05, 3.63) is 59.7 Å². The Labute approximate surface area is 169 Å². The third-order valence-corrected chi connectivity index (χ3v) is 5.07. The molecule has 1 aromatic carbocycles. The Bertz CT molecular complexity index is 1020. The van der Waals surface area contributed by atoms with E-state index in [4.69, 9.17) is 4.74 Å². The molecule has 1 aliphatic heterocycles. The summed E-state index contributed by atoms with van der Waals surface area (Å²) in [4.78, 5) is 25.6. The zero-order valence-electron chi connectivity index (χ0n) is 16.9. The molecule has 3 aromatic rings. The van der Waals surface area contributed by atoms with Crippen LogP contribution in [-0.2, 0) is 0 Å². The second kappa shape index (κ2) is 7.90. The Morgan fingerprint density at radius 1 is 1.00 bits per heavy atom. The SMILES string of the molecule is COc1cccc(C(=O)N2CCN(c3cc(-n4nc(C)cc4C)ncn3)CC2)c1. The molecule has 1 saturated heterocycles. The number of amides is 1. The molecule has 8 heteroatoms. The first-order chi connectivity index (χ1) is 14.0. The number of hydrogen-bond donors (Lipinski definition) is 0. The van der Waals surface area contributed by atoms with E-state index in [0.29, 0.717) is 37.5 Å². The van der Waals surface area contributed by atoms with E-state index in [0.717, 1.165) is 23.0 Å². The highest BCUT2D eigenvalue weighted by molar-refractivity contribution is 5.94. The number of hydrogen-bond acceptors (Lipinski definition) is 6. The van der Waals surface area contributed by atoms with Crippen molar-refractivity contribution in [2.45, 2.75) is 13.8 Å². The van der Waals surface area contributed by atoms with Crippen LogP contribution in [0, 0.1) is 13.8 Å². The molecule has 0 atom stereocenters. The fourth-order valence-corrected chi connectivity index (χ4v) is 3.56. The number of piperazine rings is 1. The van der Waals surface area contributed by atoms with Crippen LogP contribution in [0.2, 0.25) is 0 Å². The summed E-state index contributed by atoms with van der Waals surface area (Å²) >= 11 is 0. The van der Waals surface area contributed by atoms with Crippen LogP contribution in [0.5, 0.6) is 5.75 Å². The lowest BCUT2D eigenvalue weighted by atomic mass is 10.1. The summed E-state index contributed by atoms with van der Waals surface area (Å²) in [5.74, 6) is 2.30. The fraction of sp³-hybridized carbons (Fsp3) is 0.333. The van der Waals surface area contributed by atoms with Crippen LogP contribution in [0.25, 0.3) is 5.82 Å². The topological polar surface area (TPSA) is 76.4 Å². The largest absolute Gasteiger partial charge is 0.497 e.